The van der Waals surface area contributed by atoms with E-state index in [0.717, 1.165) is 0 Å². The molecule has 90 valence electrons. The van der Waals surface area contributed by atoms with Gasteiger partial charge in [-0.15, -0.1) is 0 Å². The van der Waals surface area contributed by atoms with Gasteiger partial charge in [0.15, 0.2) is 0 Å². The second-order valence-corrected chi connectivity index (χ2v) is 3.70. The average molecular weight is 243 g/mol. The van der Waals surface area contributed by atoms with Crippen molar-refractivity contribution in [2.75, 3.05) is 0 Å². The van der Waals surface area contributed by atoms with Crippen molar-refractivity contribution in [3.8, 4) is 17.6 Å². The fourth-order valence-corrected chi connectivity index (χ4v) is 1.49. The molecule has 0 fully saturated rings. The summed E-state index contributed by atoms with van der Waals surface area (Å²) < 4.78 is 18.5. The Hall–Kier alpha value is -2.54. The molecule has 3 nitrogen and oxygen atoms in total. The summed E-state index contributed by atoms with van der Waals surface area (Å²) in [5, 5.41) is 18.0. The summed E-state index contributed by atoms with van der Waals surface area (Å²) >= 11 is 0. The van der Waals surface area contributed by atoms with Gasteiger partial charge in [0.25, 0.3) is 0 Å². The molecule has 0 atom stereocenters. The summed E-state index contributed by atoms with van der Waals surface area (Å²) in [6.45, 7) is 0.103. The zero-order chi connectivity index (χ0) is 13.0. The zero-order valence-corrected chi connectivity index (χ0v) is 9.43. The maximum absolute atomic E-state index is 13.1. The van der Waals surface area contributed by atoms with Gasteiger partial charge in [0, 0.05) is 5.56 Å². The van der Waals surface area contributed by atoms with E-state index < -0.39 is 5.82 Å². The van der Waals surface area contributed by atoms with E-state index in [2.05, 4.69) is 0 Å². The predicted octanol–water partition coefficient (Wildman–Crippen LogP) is 2.98. The Morgan fingerprint density at radius 3 is 2.56 bits per heavy atom. The molecule has 0 heterocycles. The molecule has 0 spiro atoms. The number of rotatable bonds is 3. The van der Waals surface area contributed by atoms with Crippen LogP contribution in [0.4, 0.5) is 4.39 Å². The molecule has 0 bridgehead atoms. The normalized spacial score (nSPS) is 9.78. The third-order valence-electron chi connectivity index (χ3n) is 2.42. The van der Waals surface area contributed by atoms with Gasteiger partial charge in [0.2, 0.25) is 0 Å². The van der Waals surface area contributed by atoms with Crippen LogP contribution in [-0.4, -0.2) is 5.11 Å². The van der Waals surface area contributed by atoms with E-state index in [4.69, 9.17) is 15.1 Å². The van der Waals surface area contributed by atoms with Crippen molar-refractivity contribution >= 4 is 0 Å². The topological polar surface area (TPSA) is 53.2 Å². The van der Waals surface area contributed by atoms with Gasteiger partial charge in [0.1, 0.15) is 23.9 Å². The first-order valence-electron chi connectivity index (χ1n) is 5.29. The lowest BCUT2D eigenvalue weighted by Gasteiger charge is -2.07. The molecule has 18 heavy (non-hydrogen) atoms. The smallest absolute Gasteiger partial charge is 0.123 e. The molecule has 0 amide bonds. The third kappa shape index (κ3) is 2.77. The molecule has 2 aromatic carbocycles. The van der Waals surface area contributed by atoms with Crippen LogP contribution in [0.15, 0.2) is 42.5 Å². The Morgan fingerprint density at radius 1 is 1.17 bits per heavy atom. The molecule has 0 aliphatic heterocycles. The summed E-state index contributed by atoms with van der Waals surface area (Å²) in [7, 11) is 0. The SMILES string of the molecule is N#Cc1ccc(F)cc1COc1ccc(O)cc1. The van der Waals surface area contributed by atoms with Crippen LogP contribution in [0.25, 0.3) is 0 Å². The minimum absolute atomic E-state index is 0.103. The Bertz CT molecular complexity index is 588. The van der Waals surface area contributed by atoms with Crippen LogP contribution in [0.5, 0.6) is 11.5 Å². The van der Waals surface area contributed by atoms with Gasteiger partial charge >= 0.3 is 0 Å². The van der Waals surface area contributed by atoms with Crippen molar-refractivity contribution in [1.82, 2.24) is 0 Å². The van der Waals surface area contributed by atoms with Gasteiger partial charge in [-0.3, -0.25) is 0 Å². The fourth-order valence-electron chi connectivity index (χ4n) is 1.49. The van der Waals surface area contributed by atoms with Gasteiger partial charge in [-0.2, -0.15) is 5.26 Å². The van der Waals surface area contributed by atoms with Crippen LogP contribution >= 0.6 is 0 Å². The molecule has 0 saturated heterocycles. The lowest BCUT2D eigenvalue weighted by molar-refractivity contribution is 0.304. The monoisotopic (exact) mass is 243 g/mol. The minimum atomic E-state index is -0.404. The molecule has 0 saturated carbocycles. The maximum Gasteiger partial charge on any atom is 0.123 e. The molecule has 0 aliphatic carbocycles. The van der Waals surface area contributed by atoms with E-state index in [9.17, 15) is 4.39 Å². The number of hydrogen-bond acceptors (Lipinski definition) is 3. The number of nitrogens with zero attached hydrogens (tertiary/aromatic N) is 1. The summed E-state index contributed by atoms with van der Waals surface area (Å²) in [6.07, 6.45) is 0. The second kappa shape index (κ2) is 5.19. The Balaban J connectivity index is 2.13. The first kappa shape index (κ1) is 11.9. The number of hydrogen-bond donors (Lipinski definition) is 1. The number of phenolic OH excluding ortho intramolecular Hbond substituents is 1. The molecule has 0 unspecified atom stereocenters. The van der Waals surface area contributed by atoms with Crippen molar-refractivity contribution in [3.05, 3.63) is 59.4 Å². The highest BCUT2D eigenvalue weighted by atomic mass is 19.1. The number of ether oxygens (including phenoxy) is 1. The third-order valence-corrected chi connectivity index (χ3v) is 2.42. The molecule has 2 aromatic rings. The van der Waals surface area contributed by atoms with Gasteiger partial charge in [-0.05, 0) is 42.5 Å². The first-order chi connectivity index (χ1) is 8.69. The summed E-state index contributed by atoms with van der Waals surface area (Å²) in [5.74, 6) is 0.282. The molecule has 4 heteroatoms. The van der Waals surface area contributed by atoms with Crippen LogP contribution in [0.2, 0.25) is 0 Å². The maximum atomic E-state index is 13.1. The molecule has 0 aliphatic rings. The van der Waals surface area contributed by atoms with Crippen molar-refractivity contribution in [1.29, 1.82) is 5.26 Å². The zero-order valence-electron chi connectivity index (χ0n) is 9.43. The van der Waals surface area contributed by atoms with Crippen molar-refractivity contribution in [3.63, 3.8) is 0 Å². The van der Waals surface area contributed by atoms with Crippen molar-refractivity contribution in [2.24, 2.45) is 0 Å². The Morgan fingerprint density at radius 2 is 1.89 bits per heavy atom. The van der Waals surface area contributed by atoms with Crippen LogP contribution in [0.3, 0.4) is 0 Å². The summed E-state index contributed by atoms with van der Waals surface area (Å²) in [6, 6.07) is 12.1. The fraction of sp³-hybridized carbons (Fsp3) is 0.0714. The highest BCUT2D eigenvalue weighted by Gasteiger charge is 2.04. The first-order valence-corrected chi connectivity index (χ1v) is 5.29. The lowest BCUT2D eigenvalue weighted by Crippen LogP contribution is -1.99. The summed E-state index contributed by atoms with van der Waals surface area (Å²) in [4.78, 5) is 0. The predicted molar refractivity (Wildman–Crippen MR) is 63.6 cm³/mol. The van der Waals surface area contributed by atoms with E-state index in [-0.39, 0.29) is 12.4 Å². The highest BCUT2D eigenvalue weighted by Crippen LogP contribution is 2.18. The molecular formula is C14H10FNO2. The standard InChI is InChI=1S/C14H10FNO2/c15-12-2-1-10(8-16)11(7-12)9-18-14-5-3-13(17)4-6-14/h1-7,17H,9H2. The largest absolute Gasteiger partial charge is 0.508 e. The molecule has 0 aromatic heterocycles. The van der Waals surface area contributed by atoms with E-state index in [1.165, 1.54) is 30.3 Å². The van der Waals surface area contributed by atoms with Gasteiger partial charge < -0.3 is 9.84 Å². The van der Waals surface area contributed by atoms with Gasteiger partial charge in [-0.25, -0.2) is 4.39 Å². The van der Waals surface area contributed by atoms with E-state index >= 15 is 0 Å². The van der Waals surface area contributed by atoms with Crippen molar-refractivity contribution in [2.45, 2.75) is 6.61 Å². The number of nitriles is 1. The lowest BCUT2D eigenvalue weighted by atomic mass is 10.1. The molecule has 1 N–H and O–H groups in total. The van der Waals surface area contributed by atoms with Crippen LogP contribution in [0.1, 0.15) is 11.1 Å². The number of phenols is 1. The molecule has 2 rings (SSSR count). The van der Waals surface area contributed by atoms with E-state index in [0.29, 0.717) is 16.9 Å². The van der Waals surface area contributed by atoms with Crippen LogP contribution < -0.4 is 4.74 Å². The van der Waals surface area contributed by atoms with Crippen molar-refractivity contribution < 1.29 is 14.2 Å². The molecule has 0 radical (unpaired) electrons. The summed E-state index contributed by atoms with van der Waals surface area (Å²) in [5.41, 5.74) is 0.876. The van der Waals surface area contributed by atoms with Gasteiger partial charge in [0.05, 0.1) is 11.6 Å². The molecular weight excluding hydrogens is 233 g/mol. The Kier molecular flexibility index (Phi) is 3.44. The minimum Gasteiger partial charge on any atom is -0.508 e. The number of aromatic hydroxyl groups is 1. The van der Waals surface area contributed by atoms with E-state index in [1.807, 2.05) is 6.07 Å². The second-order valence-electron chi connectivity index (χ2n) is 3.70. The number of benzene rings is 2. The van der Waals surface area contributed by atoms with Gasteiger partial charge in [-0.1, -0.05) is 0 Å². The number of halogens is 1. The van der Waals surface area contributed by atoms with Crippen LogP contribution in [-0.2, 0) is 6.61 Å². The quantitative estimate of drug-likeness (QED) is 0.901. The van der Waals surface area contributed by atoms with Crippen LogP contribution in [0, 0.1) is 17.1 Å². The van der Waals surface area contributed by atoms with E-state index in [1.54, 1.807) is 12.1 Å². The Labute approximate surface area is 104 Å². The highest BCUT2D eigenvalue weighted by molar-refractivity contribution is 5.38. The average Bonchev–Trinajstić information content (AvgIpc) is 2.38.